The summed E-state index contributed by atoms with van der Waals surface area (Å²) < 4.78 is 0. The highest BCUT2D eigenvalue weighted by Crippen LogP contribution is 2.30. The third-order valence-corrected chi connectivity index (χ3v) is 4.81. The van der Waals surface area contributed by atoms with Crippen LogP contribution >= 0.6 is 23.2 Å². The molecule has 5 heteroatoms. The van der Waals surface area contributed by atoms with Crippen LogP contribution in [0.3, 0.4) is 0 Å². The van der Waals surface area contributed by atoms with Gasteiger partial charge in [0.2, 0.25) is 5.91 Å². The van der Waals surface area contributed by atoms with Gasteiger partial charge in [-0.25, -0.2) is 0 Å². The smallest absolute Gasteiger partial charge is 0.238 e. The number of carbonyl (C=O) groups excluding carboxylic acids is 1. The summed E-state index contributed by atoms with van der Waals surface area (Å²) in [6, 6.07) is 5.58. The lowest BCUT2D eigenvalue weighted by atomic mass is 9.80. The van der Waals surface area contributed by atoms with Gasteiger partial charge in [-0.2, -0.15) is 0 Å². The van der Waals surface area contributed by atoms with E-state index in [-0.39, 0.29) is 12.5 Å². The summed E-state index contributed by atoms with van der Waals surface area (Å²) in [5.74, 6) is 1.27. The van der Waals surface area contributed by atoms with Crippen LogP contribution in [0.1, 0.15) is 33.1 Å². The SMILES string of the molecule is CC1CCC(NCC(=O)Nc2c(Cl)cccc2Cl)C(C)C1. The molecule has 21 heavy (non-hydrogen) atoms. The molecule has 0 aromatic heterocycles. The van der Waals surface area contributed by atoms with E-state index in [1.165, 1.54) is 12.8 Å². The lowest BCUT2D eigenvalue weighted by Crippen LogP contribution is -2.42. The van der Waals surface area contributed by atoms with Gasteiger partial charge in [0.1, 0.15) is 0 Å². The molecule has 3 atom stereocenters. The zero-order valence-corrected chi connectivity index (χ0v) is 14.0. The van der Waals surface area contributed by atoms with Crippen molar-refractivity contribution in [2.45, 2.75) is 39.2 Å². The highest BCUT2D eigenvalue weighted by atomic mass is 35.5. The van der Waals surface area contributed by atoms with Crippen LogP contribution in [-0.4, -0.2) is 18.5 Å². The van der Waals surface area contributed by atoms with E-state index in [1.807, 2.05) is 0 Å². The lowest BCUT2D eigenvalue weighted by molar-refractivity contribution is -0.115. The second-order valence-corrected chi connectivity index (χ2v) is 6.84. The molecule has 0 spiro atoms. The van der Waals surface area contributed by atoms with Crippen LogP contribution in [0.15, 0.2) is 18.2 Å². The summed E-state index contributed by atoms with van der Waals surface area (Å²) in [5.41, 5.74) is 0.484. The first-order valence-corrected chi connectivity index (χ1v) is 8.20. The van der Waals surface area contributed by atoms with Gasteiger partial charge < -0.3 is 10.6 Å². The van der Waals surface area contributed by atoms with Crippen LogP contribution < -0.4 is 10.6 Å². The van der Waals surface area contributed by atoms with Gasteiger partial charge in [-0.15, -0.1) is 0 Å². The number of nitrogens with one attached hydrogen (secondary N) is 2. The van der Waals surface area contributed by atoms with Gasteiger partial charge in [-0.1, -0.05) is 43.1 Å². The van der Waals surface area contributed by atoms with E-state index in [2.05, 4.69) is 24.5 Å². The molecule has 3 unspecified atom stereocenters. The van der Waals surface area contributed by atoms with Crippen LogP contribution in [0.2, 0.25) is 10.0 Å². The zero-order chi connectivity index (χ0) is 15.4. The van der Waals surface area contributed by atoms with Crippen LogP contribution in [0.4, 0.5) is 5.69 Å². The summed E-state index contributed by atoms with van der Waals surface area (Å²) in [6.45, 7) is 4.82. The molecule has 1 amide bonds. The Kier molecular flexibility index (Phi) is 5.91. The Bertz CT molecular complexity index is 487. The number of rotatable bonds is 4. The minimum atomic E-state index is -0.115. The molecule has 1 saturated carbocycles. The second kappa shape index (κ2) is 7.48. The van der Waals surface area contributed by atoms with E-state index in [4.69, 9.17) is 23.2 Å². The maximum Gasteiger partial charge on any atom is 0.238 e. The van der Waals surface area contributed by atoms with E-state index in [0.29, 0.717) is 27.7 Å². The van der Waals surface area contributed by atoms with Crippen molar-refractivity contribution in [2.24, 2.45) is 11.8 Å². The molecule has 1 aliphatic rings. The predicted molar refractivity (Wildman–Crippen MR) is 89.1 cm³/mol. The normalized spacial score (nSPS) is 25.6. The van der Waals surface area contributed by atoms with Crippen molar-refractivity contribution < 1.29 is 4.79 Å². The molecule has 0 radical (unpaired) electrons. The van der Waals surface area contributed by atoms with Crippen LogP contribution in [-0.2, 0) is 4.79 Å². The minimum absolute atomic E-state index is 0.115. The number of amides is 1. The fraction of sp³-hybridized carbons (Fsp3) is 0.562. The second-order valence-electron chi connectivity index (χ2n) is 6.03. The van der Waals surface area contributed by atoms with Gasteiger partial charge >= 0.3 is 0 Å². The number of para-hydroxylation sites is 1. The summed E-state index contributed by atoms with van der Waals surface area (Å²) in [7, 11) is 0. The quantitative estimate of drug-likeness (QED) is 0.862. The van der Waals surface area contributed by atoms with E-state index in [0.717, 1.165) is 12.3 Å². The molecule has 2 rings (SSSR count). The lowest BCUT2D eigenvalue weighted by Gasteiger charge is -2.33. The summed E-state index contributed by atoms with van der Waals surface area (Å²) in [6.07, 6.45) is 3.57. The fourth-order valence-electron chi connectivity index (χ4n) is 2.99. The Morgan fingerprint density at radius 1 is 1.24 bits per heavy atom. The van der Waals surface area contributed by atoms with Crippen molar-refractivity contribution in [1.29, 1.82) is 0 Å². The third-order valence-electron chi connectivity index (χ3n) is 4.18. The molecule has 0 bridgehead atoms. The molecule has 3 nitrogen and oxygen atoms in total. The number of hydrogen-bond donors (Lipinski definition) is 2. The average molecular weight is 329 g/mol. The molecule has 0 aliphatic heterocycles. The average Bonchev–Trinajstić information content (AvgIpc) is 2.42. The molecule has 2 N–H and O–H groups in total. The van der Waals surface area contributed by atoms with Gasteiger partial charge in [-0.3, -0.25) is 4.79 Å². The fourth-order valence-corrected chi connectivity index (χ4v) is 3.49. The maximum atomic E-state index is 12.0. The minimum Gasteiger partial charge on any atom is -0.322 e. The van der Waals surface area contributed by atoms with E-state index in [9.17, 15) is 4.79 Å². The summed E-state index contributed by atoms with van der Waals surface area (Å²) in [4.78, 5) is 12.0. The first-order valence-electron chi connectivity index (χ1n) is 7.44. The number of anilines is 1. The first-order chi connectivity index (χ1) is 9.97. The molecular weight excluding hydrogens is 307 g/mol. The molecule has 1 fully saturated rings. The highest BCUT2D eigenvalue weighted by molar-refractivity contribution is 6.39. The van der Waals surface area contributed by atoms with Gasteiger partial charge in [0, 0.05) is 6.04 Å². The molecular formula is C16H22Cl2N2O. The van der Waals surface area contributed by atoms with Crippen LogP contribution in [0.5, 0.6) is 0 Å². The van der Waals surface area contributed by atoms with Crippen molar-refractivity contribution in [2.75, 3.05) is 11.9 Å². The van der Waals surface area contributed by atoms with Crippen LogP contribution in [0.25, 0.3) is 0 Å². The van der Waals surface area contributed by atoms with Gasteiger partial charge in [-0.05, 0) is 43.2 Å². The Labute approximate surface area is 136 Å². The zero-order valence-electron chi connectivity index (χ0n) is 12.5. The molecule has 1 aromatic rings. The van der Waals surface area contributed by atoms with Gasteiger partial charge in [0.15, 0.2) is 0 Å². The predicted octanol–water partition coefficient (Wildman–Crippen LogP) is 4.35. The number of hydrogen-bond acceptors (Lipinski definition) is 2. The Hall–Kier alpha value is -0.770. The molecule has 1 aromatic carbocycles. The standard InChI is InChI=1S/C16H22Cl2N2O/c1-10-6-7-14(11(2)8-10)19-9-15(21)20-16-12(17)4-3-5-13(16)18/h3-5,10-11,14,19H,6-9H2,1-2H3,(H,20,21). The van der Waals surface area contributed by atoms with Crippen molar-refractivity contribution in [1.82, 2.24) is 5.32 Å². The molecule has 0 saturated heterocycles. The van der Waals surface area contributed by atoms with E-state index >= 15 is 0 Å². The monoisotopic (exact) mass is 328 g/mol. The Morgan fingerprint density at radius 2 is 1.90 bits per heavy atom. The van der Waals surface area contributed by atoms with Crippen molar-refractivity contribution in [3.8, 4) is 0 Å². The summed E-state index contributed by atoms with van der Waals surface area (Å²) in [5, 5.41) is 7.04. The van der Waals surface area contributed by atoms with Gasteiger partial charge in [0.05, 0.1) is 22.3 Å². The first kappa shape index (κ1) is 16.6. The molecule has 116 valence electrons. The summed E-state index contributed by atoms with van der Waals surface area (Å²) >= 11 is 12.1. The molecule has 0 heterocycles. The Balaban J connectivity index is 1.85. The van der Waals surface area contributed by atoms with Crippen molar-refractivity contribution in [3.05, 3.63) is 28.2 Å². The van der Waals surface area contributed by atoms with Gasteiger partial charge in [0.25, 0.3) is 0 Å². The van der Waals surface area contributed by atoms with Crippen LogP contribution in [0, 0.1) is 11.8 Å². The van der Waals surface area contributed by atoms with Crippen molar-refractivity contribution in [3.63, 3.8) is 0 Å². The van der Waals surface area contributed by atoms with E-state index in [1.54, 1.807) is 18.2 Å². The van der Waals surface area contributed by atoms with E-state index < -0.39 is 0 Å². The number of benzene rings is 1. The number of carbonyl (C=O) groups is 1. The topological polar surface area (TPSA) is 41.1 Å². The Morgan fingerprint density at radius 3 is 2.52 bits per heavy atom. The van der Waals surface area contributed by atoms with Crippen molar-refractivity contribution >= 4 is 34.8 Å². The largest absolute Gasteiger partial charge is 0.322 e. The number of halogens is 2. The third kappa shape index (κ3) is 4.60. The highest BCUT2D eigenvalue weighted by Gasteiger charge is 2.25. The molecule has 1 aliphatic carbocycles. The maximum absolute atomic E-state index is 12.0.